The lowest BCUT2D eigenvalue weighted by Gasteiger charge is -2.42. The van der Waals surface area contributed by atoms with Gasteiger partial charge in [0, 0.05) is 68.3 Å². The molecule has 228 valence electrons. The number of anilines is 4. The minimum Gasteiger partial charge on any atom is -0.393 e. The van der Waals surface area contributed by atoms with E-state index < -0.39 is 5.91 Å². The quantitative estimate of drug-likeness (QED) is 0.312. The van der Waals surface area contributed by atoms with E-state index in [2.05, 4.69) is 44.5 Å². The van der Waals surface area contributed by atoms with Crippen molar-refractivity contribution in [3.8, 4) is 11.3 Å². The maximum absolute atomic E-state index is 12.6. The summed E-state index contributed by atoms with van der Waals surface area (Å²) in [6.45, 7) is 6.76. The van der Waals surface area contributed by atoms with E-state index in [9.17, 15) is 9.90 Å². The molecule has 2 aliphatic heterocycles. The molecule has 6 rings (SSSR count). The number of piperidine rings is 1. The highest BCUT2D eigenvalue weighted by molar-refractivity contribution is 5.97. The van der Waals surface area contributed by atoms with Crippen LogP contribution in [0.25, 0.3) is 11.3 Å². The van der Waals surface area contributed by atoms with Gasteiger partial charge in [-0.3, -0.25) is 9.69 Å². The third-order valence-corrected chi connectivity index (χ3v) is 9.18. The summed E-state index contributed by atoms with van der Waals surface area (Å²) >= 11 is 0. The van der Waals surface area contributed by atoms with Gasteiger partial charge in [0.1, 0.15) is 5.69 Å². The normalized spacial score (nSPS) is 22.3. The Balaban J connectivity index is 1.18. The molecule has 10 heteroatoms. The van der Waals surface area contributed by atoms with Gasteiger partial charge in [0.05, 0.1) is 6.10 Å². The summed E-state index contributed by atoms with van der Waals surface area (Å²) in [4.78, 5) is 29.7. The highest BCUT2D eigenvalue weighted by atomic mass is 16.3. The van der Waals surface area contributed by atoms with Crippen molar-refractivity contribution in [3.05, 3.63) is 60.3 Å². The topological polar surface area (TPSA) is 123 Å². The first kappa shape index (κ1) is 29.3. The monoisotopic (exact) mass is 584 g/mol. The lowest BCUT2D eigenvalue weighted by atomic mass is 9.93. The smallest absolute Gasteiger partial charge is 0.271 e. The Bertz CT molecular complexity index is 1370. The second kappa shape index (κ2) is 13.3. The first-order chi connectivity index (χ1) is 20.9. The Labute approximate surface area is 254 Å². The highest BCUT2D eigenvalue weighted by Crippen LogP contribution is 2.32. The van der Waals surface area contributed by atoms with Crippen LogP contribution in [0, 0.1) is 0 Å². The third-order valence-electron chi connectivity index (χ3n) is 9.18. The average molecular weight is 585 g/mol. The number of aliphatic hydroxyl groups excluding tert-OH is 1. The molecule has 5 N–H and O–H groups in total. The van der Waals surface area contributed by atoms with E-state index in [1.165, 1.54) is 31.6 Å². The zero-order chi connectivity index (χ0) is 29.8. The van der Waals surface area contributed by atoms with Crippen molar-refractivity contribution in [1.29, 1.82) is 0 Å². The number of hydrogen-bond acceptors (Lipinski definition) is 9. The maximum Gasteiger partial charge on any atom is 0.271 e. The zero-order valence-electron chi connectivity index (χ0n) is 25.1. The second-order valence-electron chi connectivity index (χ2n) is 12.2. The lowest BCUT2D eigenvalue weighted by Crippen LogP contribution is -2.52. The molecule has 0 unspecified atom stereocenters. The summed E-state index contributed by atoms with van der Waals surface area (Å²) < 4.78 is 0. The van der Waals surface area contributed by atoms with Crippen molar-refractivity contribution in [3.63, 3.8) is 0 Å². The summed E-state index contributed by atoms with van der Waals surface area (Å²) in [6, 6.07) is 18.7. The van der Waals surface area contributed by atoms with E-state index >= 15 is 0 Å². The van der Waals surface area contributed by atoms with Crippen molar-refractivity contribution < 1.29 is 9.90 Å². The fraction of sp³-hybridized carbons (Fsp3) is 0.485. The molecule has 3 heterocycles. The number of nitrogens with two attached hydrogens (primary N) is 1. The largest absolute Gasteiger partial charge is 0.393 e. The van der Waals surface area contributed by atoms with Crippen LogP contribution >= 0.6 is 0 Å². The van der Waals surface area contributed by atoms with Crippen molar-refractivity contribution >= 4 is 28.9 Å². The molecule has 1 aromatic heterocycles. The number of aliphatic hydroxyl groups is 1. The van der Waals surface area contributed by atoms with E-state index in [0.717, 1.165) is 56.7 Å². The van der Waals surface area contributed by atoms with Crippen LogP contribution in [0.1, 0.15) is 49.0 Å². The van der Waals surface area contributed by atoms with Crippen LogP contribution in [0.5, 0.6) is 0 Å². The van der Waals surface area contributed by atoms with E-state index in [1.54, 1.807) is 0 Å². The number of aromatic nitrogens is 2. The fourth-order valence-electron chi connectivity index (χ4n) is 6.65. The molecule has 0 radical (unpaired) electrons. The van der Waals surface area contributed by atoms with E-state index in [4.69, 9.17) is 15.7 Å². The zero-order valence-corrected chi connectivity index (χ0v) is 25.1. The van der Waals surface area contributed by atoms with Gasteiger partial charge >= 0.3 is 0 Å². The molecule has 3 fully saturated rings. The van der Waals surface area contributed by atoms with Crippen LogP contribution in [0.2, 0.25) is 0 Å². The number of nitrogens with one attached hydrogen (secondary N) is 2. The number of hydrogen-bond donors (Lipinski definition) is 4. The highest BCUT2D eigenvalue weighted by Gasteiger charge is 2.27. The predicted molar refractivity (Wildman–Crippen MR) is 172 cm³/mol. The van der Waals surface area contributed by atoms with Crippen LogP contribution in [-0.4, -0.2) is 95.3 Å². The summed E-state index contributed by atoms with van der Waals surface area (Å²) in [5.74, 6) is 0.232. The summed E-state index contributed by atoms with van der Waals surface area (Å²) in [5.41, 5.74) is 9.30. The van der Waals surface area contributed by atoms with Crippen molar-refractivity contribution in [1.82, 2.24) is 19.8 Å². The predicted octanol–water partition coefficient (Wildman–Crippen LogP) is 3.92. The number of carbonyl (C=O) groups excluding carboxylic acids is 1. The van der Waals surface area contributed by atoms with Gasteiger partial charge in [0.2, 0.25) is 0 Å². The molecule has 2 saturated heterocycles. The Kier molecular flexibility index (Phi) is 9.06. The van der Waals surface area contributed by atoms with Gasteiger partial charge in [-0.1, -0.05) is 30.3 Å². The molecule has 2 atom stereocenters. The molecular weight excluding hydrogens is 540 g/mol. The van der Waals surface area contributed by atoms with Crippen LogP contribution in [0.15, 0.2) is 54.6 Å². The average Bonchev–Trinajstić information content (AvgIpc) is 3.02. The number of rotatable bonds is 8. The Morgan fingerprint density at radius 1 is 0.884 bits per heavy atom. The van der Waals surface area contributed by atoms with E-state index in [1.807, 2.05) is 42.5 Å². The number of nitrogens with zero attached hydrogens (tertiary/aromatic N) is 5. The summed E-state index contributed by atoms with van der Waals surface area (Å²) in [5, 5.41) is 17.1. The van der Waals surface area contributed by atoms with Gasteiger partial charge in [0.15, 0.2) is 17.3 Å². The lowest BCUT2D eigenvalue weighted by molar-refractivity contribution is 0.0982. The first-order valence-corrected chi connectivity index (χ1v) is 15.7. The molecule has 43 heavy (non-hydrogen) atoms. The summed E-state index contributed by atoms with van der Waals surface area (Å²) in [6.07, 6.45) is 5.36. The molecule has 0 bridgehead atoms. The Hall–Kier alpha value is -3.73. The number of benzene rings is 2. The Morgan fingerprint density at radius 2 is 1.60 bits per heavy atom. The molecular formula is C33H44N8O2. The Morgan fingerprint density at radius 3 is 2.28 bits per heavy atom. The fourth-order valence-corrected chi connectivity index (χ4v) is 6.65. The number of likely N-dealkylation sites (N-methyl/N-ethyl adjacent to an activating group) is 1. The van der Waals surface area contributed by atoms with Crippen LogP contribution in [0.3, 0.4) is 0 Å². The minimum atomic E-state index is -0.647. The molecule has 10 nitrogen and oxygen atoms in total. The van der Waals surface area contributed by atoms with Gasteiger partial charge < -0.3 is 31.3 Å². The van der Waals surface area contributed by atoms with Gasteiger partial charge in [-0.05, 0) is 69.8 Å². The SMILES string of the molecule is CN1CCN(C2CCN(c3ccc(Nc4nc(N[C@@H]5CCC[C@@H](O)C5)c(-c5ccccc5)nc4C(N)=O)cc3)CC2)CC1. The number of piperazine rings is 1. The van der Waals surface area contributed by atoms with Crippen LogP contribution < -0.4 is 21.3 Å². The van der Waals surface area contributed by atoms with Crippen LogP contribution in [-0.2, 0) is 0 Å². The van der Waals surface area contributed by atoms with E-state index in [-0.39, 0.29) is 17.8 Å². The number of primary amides is 1. The standard InChI is InChI=1S/C33H44N8O2/c1-39-18-20-41(21-19-39)27-14-16-40(17-15-27)26-12-10-24(11-13-26)35-33-30(31(34)43)37-29(23-6-3-2-4-7-23)32(38-33)36-25-8-5-9-28(42)22-25/h2-4,6-7,10-13,25,27-28,42H,5,8-9,14-22H2,1H3,(H2,34,43)(H2,35,36,38)/t25-,28-/m1/s1. The van der Waals surface area contributed by atoms with Gasteiger partial charge in [-0.2, -0.15) is 0 Å². The second-order valence-corrected chi connectivity index (χ2v) is 12.2. The molecule has 1 amide bonds. The molecule has 1 saturated carbocycles. The van der Waals surface area contributed by atoms with Crippen molar-refractivity contribution in [2.75, 3.05) is 61.8 Å². The van der Waals surface area contributed by atoms with Crippen molar-refractivity contribution in [2.24, 2.45) is 5.73 Å². The number of carbonyl (C=O) groups is 1. The van der Waals surface area contributed by atoms with Crippen molar-refractivity contribution in [2.45, 2.75) is 56.7 Å². The minimum absolute atomic E-state index is 0.0625. The molecule has 2 aromatic carbocycles. The third kappa shape index (κ3) is 7.09. The first-order valence-electron chi connectivity index (χ1n) is 15.7. The van der Waals surface area contributed by atoms with Gasteiger partial charge in [-0.15, -0.1) is 0 Å². The van der Waals surface area contributed by atoms with Crippen LogP contribution in [0.4, 0.5) is 23.0 Å². The summed E-state index contributed by atoms with van der Waals surface area (Å²) in [7, 11) is 2.21. The number of amides is 1. The van der Waals surface area contributed by atoms with E-state index in [0.29, 0.717) is 29.8 Å². The van der Waals surface area contributed by atoms with Gasteiger partial charge in [0.25, 0.3) is 5.91 Å². The molecule has 0 spiro atoms. The molecule has 3 aliphatic rings. The van der Waals surface area contributed by atoms with Gasteiger partial charge in [-0.25, -0.2) is 9.97 Å². The molecule has 1 aliphatic carbocycles. The maximum atomic E-state index is 12.6. The molecule has 3 aromatic rings.